The van der Waals surface area contributed by atoms with Gasteiger partial charge in [0.25, 0.3) is 7.71 Å². The summed E-state index contributed by atoms with van der Waals surface area (Å²) < 4.78 is 73.0. The molecule has 12 heteroatoms. The Bertz CT molecular complexity index is 621. The molecule has 186 valence electrons. The van der Waals surface area contributed by atoms with Crippen LogP contribution in [0.4, 0.5) is 25.2 Å². The molecule has 0 saturated carbocycles. The minimum absolute atomic E-state index is 1.01. The first-order chi connectivity index (χ1) is 14.1. The average Bonchev–Trinajstić information content (AvgIpc) is 2.67. The maximum atomic E-state index is 9.87. The molecule has 1 aromatic rings. The van der Waals surface area contributed by atoms with Gasteiger partial charge in [0.15, 0.2) is 11.1 Å². The summed E-state index contributed by atoms with van der Waals surface area (Å²) in [6.07, 6.45) is 0. The molecule has 1 aromatic carbocycles. The molecule has 31 heavy (non-hydrogen) atoms. The van der Waals surface area contributed by atoms with E-state index in [1.807, 2.05) is 0 Å². The van der Waals surface area contributed by atoms with E-state index in [-0.39, 0.29) is 0 Å². The summed E-state index contributed by atoms with van der Waals surface area (Å²) >= 11 is 0. The summed E-state index contributed by atoms with van der Waals surface area (Å²) in [5.74, 6) is 1.01. The van der Waals surface area contributed by atoms with Gasteiger partial charge < -0.3 is 4.74 Å². The third-order valence-electron chi connectivity index (χ3n) is 4.78. The number of hydrogen-bond donors (Lipinski definition) is 0. The molecule has 0 radical (unpaired) electrons. The second kappa shape index (κ2) is 11.0. The third kappa shape index (κ3) is 9.39. The molecule has 0 fully saturated rings. The summed E-state index contributed by atoms with van der Waals surface area (Å²) in [7, 11) is -10.7. The van der Waals surface area contributed by atoms with Crippen LogP contribution in [0.15, 0.2) is 24.3 Å². The van der Waals surface area contributed by atoms with Crippen LogP contribution in [-0.4, -0.2) is 60.4 Å². The fourth-order valence-corrected chi connectivity index (χ4v) is 8.83. The van der Waals surface area contributed by atoms with Gasteiger partial charge in [0.05, 0.1) is 7.11 Å². The number of rotatable bonds is 11. The zero-order chi connectivity index (χ0) is 24.6. The summed E-state index contributed by atoms with van der Waals surface area (Å²) in [5.41, 5.74) is 0. The van der Waals surface area contributed by atoms with E-state index in [0.29, 0.717) is 0 Å². The molecule has 0 aliphatic heterocycles. The van der Waals surface area contributed by atoms with Crippen molar-refractivity contribution in [1.82, 2.24) is 14.0 Å². The van der Waals surface area contributed by atoms with Gasteiger partial charge in [-0.05, 0) is 53.7 Å². The van der Waals surface area contributed by atoms with Crippen LogP contribution in [0.2, 0.25) is 0 Å². The quantitative estimate of drug-likeness (QED) is 0.232. The molecule has 0 bridgehead atoms. The topological polar surface area (TPSA) is 19.0 Å². The van der Waals surface area contributed by atoms with Gasteiger partial charge in [-0.2, -0.15) is 0 Å². The number of ether oxygens (including phenoxy) is 1. The molecule has 0 N–H and O–H groups in total. The van der Waals surface area contributed by atoms with Crippen molar-refractivity contribution in [1.29, 1.82) is 0 Å². The van der Waals surface area contributed by atoms with E-state index in [9.17, 15) is 25.2 Å². The molecule has 4 nitrogen and oxygen atoms in total. The SMILES string of the molecule is CCN(CC)[P+](c1ccccc1OC)(N(CC)CC)N(CC)CC.F[P-](F)(F)(F)(F)F. The molecule has 0 aliphatic carbocycles. The van der Waals surface area contributed by atoms with E-state index in [2.05, 4.69) is 79.8 Å². The van der Waals surface area contributed by atoms with Crippen LogP contribution in [0.3, 0.4) is 0 Å². The van der Waals surface area contributed by atoms with Crippen LogP contribution < -0.4 is 10.0 Å². The summed E-state index contributed by atoms with van der Waals surface area (Å²) in [6, 6.07) is 8.62. The molecule has 0 saturated heterocycles. The fraction of sp³-hybridized carbons (Fsp3) is 0.684. The van der Waals surface area contributed by atoms with Gasteiger partial charge in [0.1, 0.15) is 0 Å². The number of nitrogens with zero attached hydrogens (tertiary/aromatic N) is 3. The van der Waals surface area contributed by atoms with Gasteiger partial charge in [-0.1, -0.05) is 12.1 Å². The van der Waals surface area contributed by atoms with Gasteiger partial charge in [-0.25, -0.2) is 0 Å². The minimum atomic E-state index is -10.7. The fourth-order valence-electron chi connectivity index (χ4n) is 3.73. The first-order valence-electron chi connectivity index (χ1n) is 10.4. The van der Waals surface area contributed by atoms with Crippen LogP contribution in [0, 0.1) is 0 Å². The van der Waals surface area contributed by atoms with E-state index in [1.165, 1.54) is 5.30 Å². The van der Waals surface area contributed by atoms with Crippen molar-refractivity contribution < 1.29 is 29.9 Å². The molecule has 0 unspecified atom stereocenters. The van der Waals surface area contributed by atoms with E-state index in [0.717, 1.165) is 45.0 Å². The Labute approximate surface area is 183 Å². The number of para-hydroxylation sites is 1. The molecule has 0 heterocycles. The van der Waals surface area contributed by atoms with Crippen LogP contribution in [0.5, 0.6) is 5.75 Å². The van der Waals surface area contributed by atoms with E-state index >= 15 is 0 Å². The Balaban J connectivity index is 0.00000110. The average molecular weight is 499 g/mol. The second-order valence-electron chi connectivity index (χ2n) is 6.62. The van der Waals surface area contributed by atoms with Crippen molar-refractivity contribution in [2.24, 2.45) is 0 Å². The molecular weight excluding hydrogens is 462 g/mol. The van der Waals surface area contributed by atoms with Crippen molar-refractivity contribution in [3.8, 4) is 5.75 Å². The van der Waals surface area contributed by atoms with E-state index < -0.39 is 15.5 Å². The molecular formula is C19H37F6N3OP2. The number of halogens is 6. The van der Waals surface area contributed by atoms with Gasteiger partial charge >= 0.3 is 33.0 Å². The first kappa shape index (κ1) is 30.3. The summed E-state index contributed by atoms with van der Waals surface area (Å²) in [5, 5.41) is 1.35. The van der Waals surface area contributed by atoms with Gasteiger partial charge in [0.2, 0.25) is 0 Å². The van der Waals surface area contributed by atoms with Crippen molar-refractivity contribution in [2.75, 3.05) is 46.4 Å². The van der Waals surface area contributed by atoms with Gasteiger partial charge in [-0.15, -0.1) is 14.0 Å². The predicted molar refractivity (Wildman–Crippen MR) is 122 cm³/mol. The summed E-state index contributed by atoms with van der Waals surface area (Å²) in [4.78, 5) is 0. The van der Waals surface area contributed by atoms with Crippen LogP contribution in [0.1, 0.15) is 41.5 Å². The zero-order valence-electron chi connectivity index (χ0n) is 19.5. The number of hydrogen-bond acceptors (Lipinski definition) is 4. The molecule has 0 atom stereocenters. The summed E-state index contributed by atoms with van der Waals surface area (Å²) in [6.45, 7) is 19.9. The third-order valence-corrected chi connectivity index (χ3v) is 9.86. The van der Waals surface area contributed by atoms with Gasteiger partial charge in [0, 0.05) is 39.3 Å². The van der Waals surface area contributed by atoms with Crippen molar-refractivity contribution in [3.63, 3.8) is 0 Å². The van der Waals surface area contributed by atoms with E-state index in [1.54, 1.807) is 7.11 Å². The zero-order valence-corrected chi connectivity index (χ0v) is 21.3. The van der Waals surface area contributed by atoms with Crippen LogP contribution in [-0.2, 0) is 0 Å². The van der Waals surface area contributed by atoms with Crippen molar-refractivity contribution in [2.45, 2.75) is 41.5 Å². The van der Waals surface area contributed by atoms with E-state index in [4.69, 9.17) is 4.74 Å². The van der Waals surface area contributed by atoms with Crippen molar-refractivity contribution in [3.05, 3.63) is 24.3 Å². The Morgan fingerprint density at radius 2 is 0.968 bits per heavy atom. The van der Waals surface area contributed by atoms with Crippen LogP contribution in [0.25, 0.3) is 0 Å². The molecule has 0 amide bonds. The Hall–Kier alpha value is -0.660. The number of benzene rings is 1. The molecule has 0 aliphatic rings. The first-order valence-corrected chi connectivity index (χ1v) is 14.1. The predicted octanol–water partition coefficient (Wildman–Crippen LogP) is 7.49. The standard InChI is InChI=1S/C19H37N3OP.F6P/c1-8-20(9-2)24(21(10-3)11-4,22(12-5)13-6)19-17-15-14-16-18(19)23-7;1-7(2,3,4,5)6/h14-17H,8-13H2,1-7H3;/q+1;-1. The monoisotopic (exact) mass is 499 g/mol. The Morgan fingerprint density at radius 1 is 0.677 bits per heavy atom. The normalized spacial score (nSPS) is 14.8. The maximum absolute atomic E-state index is 10.7. The van der Waals surface area contributed by atoms with Gasteiger partial charge in [-0.3, -0.25) is 0 Å². The van der Waals surface area contributed by atoms with Crippen LogP contribution >= 0.6 is 15.5 Å². The number of methoxy groups -OCH3 is 1. The molecule has 0 aromatic heterocycles. The molecule has 0 spiro atoms. The Kier molecular flexibility index (Phi) is 10.7. The van der Waals surface area contributed by atoms with Crippen molar-refractivity contribution >= 4 is 20.8 Å². The Morgan fingerprint density at radius 3 is 1.23 bits per heavy atom. The second-order valence-corrected chi connectivity index (χ2v) is 11.8. The molecule has 1 rings (SSSR count).